The van der Waals surface area contributed by atoms with Gasteiger partial charge in [0.25, 0.3) is 5.91 Å². The molecule has 3 aromatic rings. The molecule has 0 atom stereocenters. The Hall–Kier alpha value is -3.62. The van der Waals surface area contributed by atoms with Crippen molar-refractivity contribution in [3.63, 3.8) is 0 Å². The number of nitrogens with zero attached hydrogens (tertiary/aromatic N) is 1. The highest BCUT2D eigenvalue weighted by atomic mass is 35.5. The van der Waals surface area contributed by atoms with Crippen LogP contribution in [0.4, 0.5) is 16.2 Å². The van der Waals surface area contributed by atoms with Gasteiger partial charge in [0.15, 0.2) is 5.75 Å². The Balaban J connectivity index is 2.15. The van der Waals surface area contributed by atoms with Crippen LogP contribution in [0.5, 0.6) is 11.5 Å². The number of ether oxygens (including phenoxy) is 1. The maximum Gasteiger partial charge on any atom is 0.317 e. The van der Waals surface area contributed by atoms with Crippen molar-refractivity contribution in [2.45, 2.75) is 0 Å². The van der Waals surface area contributed by atoms with Gasteiger partial charge in [-0.1, -0.05) is 42.0 Å². The lowest BCUT2D eigenvalue weighted by Crippen LogP contribution is -2.34. The molecule has 0 unspecified atom stereocenters. The second-order valence-corrected chi connectivity index (χ2v) is 7.13. The molecular weight excluding hydrogens is 438 g/mol. The first-order valence-corrected chi connectivity index (χ1v) is 9.78. The lowest BCUT2D eigenvalue weighted by Gasteiger charge is -2.25. The molecule has 0 spiro atoms. The number of benzene rings is 3. The van der Waals surface area contributed by atoms with Gasteiger partial charge in [0, 0.05) is 11.3 Å². The first kappa shape index (κ1) is 22.1. The van der Waals surface area contributed by atoms with Crippen LogP contribution in [0.3, 0.4) is 0 Å². The number of methoxy groups -OCH3 is 1. The summed E-state index contributed by atoms with van der Waals surface area (Å²) in [5.74, 6) is -0.189. The van der Waals surface area contributed by atoms with Crippen LogP contribution in [-0.4, -0.2) is 29.1 Å². The highest BCUT2D eigenvalue weighted by Gasteiger charge is 2.26. The van der Waals surface area contributed by atoms with E-state index in [0.717, 1.165) is 0 Å². The molecule has 0 saturated heterocycles. The minimum absolute atomic E-state index is 0.0172. The number of aromatic hydroxyl groups is 1. The van der Waals surface area contributed by atoms with Crippen LogP contribution < -0.4 is 20.7 Å². The average Bonchev–Trinajstić information content (AvgIpc) is 2.75. The summed E-state index contributed by atoms with van der Waals surface area (Å²) in [5.41, 5.74) is 6.10. The van der Waals surface area contributed by atoms with Gasteiger partial charge in [0.2, 0.25) is 0 Å². The van der Waals surface area contributed by atoms with Crippen LogP contribution in [0.1, 0.15) is 15.9 Å². The number of anilines is 2. The van der Waals surface area contributed by atoms with Crippen LogP contribution in [0.2, 0.25) is 5.02 Å². The predicted octanol–water partition coefficient (Wildman–Crippen LogP) is 4.38. The second kappa shape index (κ2) is 9.46. The van der Waals surface area contributed by atoms with E-state index >= 15 is 0 Å². The lowest BCUT2D eigenvalue weighted by molar-refractivity contribution is 0.0998. The van der Waals surface area contributed by atoms with Gasteiger partial charge in [-0.25, -0.2) is 4.79 Å². The zero-order valence-corrected chi connectivity index (χ0v) is 17.9. The average molecular weight is 456 g/mol. The van der Waals surface area contributed by atoms with E-state index in [2.05, 4.69) is 5.32 Å². The Bertz CT molecular complexity index is 1140. The molecule has 0 bridgehead atoms. The number of hydrogen-bond acceptors (Lipinski definition) is 5. The normalized spacial score (nSPS) is 10.3. The van der Waals surface area contributed by atoms with Crippen molar-refractivity contribution >= 4 is 52.1 Å². The van der Waals surface area contributed by atoms with Crippen molar-refractivity contribution in [2.24, 2.45) is 5.73 Å². The van der Waals surface area contributed by atoms with Crippen molar-refractivity contribution in [1.29, 1.82) is 0 Å². The number of nitrogens with one attached hydrogen (secondary N) is 1. The molecule has 158 valence electrons. The lowest BCUT2D eigenvalue weighted by atomic mass is 10.1. The Morgan fingerprint density at radius 2 is 1.71 bits per heavy atom. The first-order valence-electron chi connectivity index (χ1n) is 8.99. The van der Waals surface area contributed by atoms with Gasteiger partial charge in [0.1, 0.15) is 10.7 Å². The summed E-state index contributed by atoms with van der Waals surface area (Å²) < 4.78 is 5.15. The van der Waals surface area contributed by atoms with Crippen molar-refractivity contribution in [3.05, 3.63) is 82.9 Å². The number of primary amides is 1. The predicted molar refractivity (Wildman–Crippen MR) is 123 cm³/mol. The van der Waals surface area contributed by atoms with Gasteiger partial charge in [-0.15, -0.1) is 0 Å². The summed E-state index contributed by atoms with van der Waals surface area (Å²) in [4.78, 5) is 25.8. The fraction of sp³-hybridized carbons (Fsp3) is 0.0455. The molecule has 0 radical (unpaired) electrons. The number of hydrogen-bond donors (Lipinski definition) is 3. The zero-order valence-electron chi connectivity index (χ0n) is 16.3. The molecule has 0 aliphatic carbocycles. The minimum Gasteiger partial charge on any atom is -0.505 e. The standard InChI is InChI=1S/C22H18ClN3O4S/c1-30-15-9-7-13(8-10-15)21(28)26(14-5-3-2-4-6-14)17-12-11-16(23)18(19(17)27)20(31)25-22(24)29/h2-12,27H,1H3,(H3,24,25,29,31). The van der Waals surface area contributed by atoms with Gasteiger partial charge < -0.3 is 15.6 Å². The molecule has 0 aliphatic heterocycles. The first-order chi connectivity index (χ1) is 14.8. The SMILES string of the molecule is COc1ccc(C(=O)N(c2ccccc2)c2ccc(Cl)c(C(=S)NC(N)=O)c2O)cc1. The Morgan fingerprint density at radius 1 is 1.06 bits per heavy atom. The third-order valence-electron chi connectivity index (χ3n) is 4.36. The molecule has 0 heterocycles. The third-order valence-corrected chi connectivity index (χ3v) is 4.99. The van der Waals surface area contributed by atoms with Crippen LogP contribution in [0.25, 0.3) is 0 Å². The van der Waals surface area contributed by atoms with E-state index in [1.54, 1.807) is 54.6 Å². The number of halogens is 1. The van der Waals surface area contributed by atoms with E-state index in [-0.39, 0.29) is 27.0 Å². The number of urea groups is 1. The van der Waals surface area contributed by atoms with Crippen molar-refractivity contribution in [3.8, 4) is 11.5 Å². The highest BCUT2D eigenvalue weighted by Crippen LogP contribution is 2.40. The number of carbonyl (C=O) groups is 2. The van der Waals surface area contributed by atoms with E-state index < -0.39 is 11.9 Å². The Morgan fingerprint density at radius 3 is 2.29 bits per heavy atom. The molecule has 0 fully saturated rings. The summed E-state index contributed by atoms with van der Waals surface area (Å²) in [6.45, 7) is 0. The molecule has 0 saturated carbocycles. The molecule has 9 heteroatoms. The molecule has 3 amide bonds. The number of thiocarbonyl (C=S) groups is 1. The molecule has 4 N–H and O–H groups in total. The summed E-state index contributed by atoms with van der Waals surface area (Å²) in [6, 6.07) is 17.4. The van der Waals surface area contributed by atoms with E-state index in [4.69, 9.17) is 34.3 Å². The maximum absolute atomic E-state index is 13.5. The van der Waals surface area contributed by atoms with Crippen molar-refractivity contribution < 1.29 is 19.4 Å². The van der Waals surface area contributed by atoms with Crippen molar-refractivity contribution in [1.82, 2.24) is 5.32 Å². The summed E-state index contributed by atoms with van der Waals surface area (Å²) in [6.07, 6.45) is 0. The number of nitrogens with two attached hydrogens (primary N) is 1. The smallest absolute Gasteiger partial charge is 0.317 e. The van der Waals surface area contributed by atoms with Gasteiger partial charge in [-0.3, -0.25) is 15.0 Å². The fourth-order valence-electron chi connectivity index (χ4n) is 2.93. The largest absolute Gasteiger partial charge is 0.505 e. The summed E-state index contributed by atoms with van der Waals surface area (Å²) in [5, 5.41) is 13.3. The van der Waals surface area contributed by atoms with Crippen LogP contribution in [0.15, 0.2) is 66.7 Å². The summed E-state index contributed by atoms with van der Waals surface area (Å²) in [7, 11) is 1.53. The molecule has 3 rings (SSSR count). The van der Waals surface area contributed by atoms with Gasteiger partial charge >= 0.3 is 6.03 Å². The minimum atomic E-state index is -0.903. The topological polar surface area (TPSA) is 105 Å². The Labute approximate surface area is 189 Å². The Kier molecular flexibility index (Phi) is 6.74. The highest BCUT2D eigenvalue weighted by molar-refractivity contribution is 7.80. The second-order valence-electron chi connectivity index (χ2n) is 6.31. The number of amides is 3. The molecular formula is C22H18ClN3O4S. The fourth-order valence-corrected chi connectivity index (χ4v) is 3.54. The van der Waals surface area contributed by atoms with Crippen LogP contribution >= 0.6 is 23.8 Å². The number of phenolic OH excluding ortho intramolecular Hbond substituents is 1. The van der Waals surface area contributed by atoms with Crippen LogP contribution in [-0.2, 0) is 0 Å². The third kappa shape index (κ3) is 4.76. The zero-order chi connectivity index (χ0) is 22.5. The van der Waals surface area contributed by atoms with E-state index in [9.17, 15) is 14.7 Å². The number of rotatable bonds is 5. The van der Waals surface area contributed by atoms with Gasteiger partial charge in [-0.2, -0.15) is 0 Å². The number of phenols is 1. The quantitative estimate of drug-likeness (QED) is 0.495. The molecule has 0 aliphatic rings. The maximum atomic E-state index is 13.5. The molecule has 0 aromatic heterocycles. The summed E-state index contributed by atoms with van der Waals surface area (Å²) >= 11 is 11.4. The molecule has 31 heavy (non-hydrogen) atoms. The van der Waals surface area contributed by atoms with Crippen molar-refractivity contribution in [2.75, 3.05) is 12.0 Å². The van der Waals surface area contributed by atoms with Crippen LogP contribution in [0, 0.1) is 0 Å². The number of carbonyl (C=O) groups excluding carboxylic acids is 2. The van der Waals surface area contributed by atoms with Gasteiger partial charge in [0.05, 0.1) is 23.4 Å². The van der Waals surface area contributed by atoms with E-state index in [1.807, 2.05) is 0 Å². The number of para-hydroxylation sites is 1. The monoisotopic (exact) mass is 455 g/mol. The molecule has 7 nitrogen and oxygen atoms in total. The van der Waals surface area contributed by atoms with E-state index in [0.29, 0.717) is 17.0 Å². The van der Waals surface area contributed by atoms with Gasteiger partial charge in [-0.05, 0) is 48.5 Å². The van der Waals surface area contributed by atoms with E-state index in [1.165, 1.54) is 24.1 Å². The molecule has 3 aromatic carbocycles.